The minimum Gasteiger partial charge on any atom is -0.467 e. The summed E-state index contributed by atoms with van der Waals surface area (Å²) < 4.78 is 5.25. The van der Waals surface area contributed by atoms with Crippen molar-refractivity contribution in [3.8, 4) is 5.88 Å². The van der Waals surface area contributed by atoms with Crippen LogP contribution < -0.4 is 4.74 Å². The average Bonchev–Trinajstić information content (AvgIpc) is 2.01. The first kappa shape index (κ1) is 8.33. The predicted molar refractivity (Wildman–Crippen MR) is 45.8 cm³/mol. The Bertz CT molecular complexity index is 229. The van der Waals surface area contributed by atoms with Gasteiger partial charge in [-0.3, -0.25) is 0 Å². The molecule has 0 spiro atoms. The lowest BCUT2D eigenvalue weighted by Crippen LogP contribution is -1.95. The molecule has 0 aliphatic rings. The smallest absolute Gasteiger partial charge is 0.217 e. The summed E-state index contributed by atoms with van der Waals surface area (Å²) in [4.78, 5) is 7.88. The molecule has 11 heavy (non-hydrogen) atoms. The van der Waals surface area contributed by atoms with Gasteiger partial charge in [0.15, 0.2) is 0 Å². The Morgan fingerprint density at radius 3 is 3.00 bits per heavy atom. The van der Waals surface area contributed by atoms with Gasteiger partial charge in [0, 0.05) is 11.8 Å². The zero-order valence-electron chi connectivity index (χ0n) is 6.57. The Morgan fingerprint density at radius 2 is 2.36 bits per heavy atom. The van der Waals surface area contributed by atoms with Crippen LogP contribution in [0, 0.1) is 6.92 Å². The second-order valence-electron chi connectivity index (χ2n) is 2.05. The summed E-state index contributed by atoms with van der Waals surface area (Å²) in [6, 6.07) is 1.82. The predicted octanol–water partition coefficient (Wildman–Crippen LogP) is 1.48. The molecule has 0 aliphatic heterocycles. The number of hydrogen-bond acceptors (Lipinski definition) is 4. The van der Waals surface area contributed by atoms with Gasteiger partial charge in [0.2, 0.25) is 5.88 Å². The van der Waals surface area contributed by atoms with Crippen molar-refractivity contribution < 1.29 is 4.74 Å². The van der Waals surface area contributed by atoms with Crippen molar-refractivity contribution in [3.63, 3.8) is 0 Å². The molecular weight excluding hydrogens is 160 g/mol. The molecule has 0 fully saturated rings. The molecule has 0 N–H and O–H groups in total. The third-order valence-electron chi connectivity index (χ3n) is 1.10. The standard InChI is InChI=1S/C7H10N2OS/c1-6-3-7(9-4-8-6)10-5-11-2/h3-4H,5H2,1-2H3. The van der Waals surface area contributed by atoms with E-state index in [1.54, 1.807) is 11.8 Å². The van der Waals surface area contributed by atoms with Crippen LogP contribution in [0.5, 0.6) is 5.88 Å². The van der Waals surface area contributed by atoms with Crippen molar-refractivity contribution in [1.29, 1.82) is 0 Å². The van der Waals surface area contributed by atoms with Gasteiger partial charge in [-0.1, -0.05) is 0 Å². The number of aromatic nitrogens is 2. The maximum atomic E-state index is 5.25. The summed E-state index contributed by atoms with van der Waals surface area (Å²) in [5.41, 5.74) is 0.927. The molecular formula is C7H10N2OS. The van der Waals surface area contributed by atoms with E-state index in [1.807, 2.05) is 19.2 Å². The maximum absolute atomic E-state index is 5.25. The molecule has 0 amide bonds. The topological polar surface area (TPSA) is 35.0 Å². The average molecular weight is 170 g/mol. The molecule has 1 rings (SSSR count). The molecule has 3 nitrogen and oxygen atoms in total. The van der Waals surface area contributed by atoms with Gasteiger partial charge < -0.3 is 4.74 Å². The van der Waals surface area contributed by atoms with E-state index in [-0.39, 0.29) is 0 Å². The third kappa shape index (κ3) is 2.76. The molecule has 0 radical (unpaired) electrons. The first-order chi connectivity index (χ1) is 5.33. The molecule has 0 bridgehead atoms. The van der Waals surface area contributed by atoms with Gasteiger partial charge >= 0.3 is 0 Å². The second-order valence-corrected chi connectivity index (χ2v) is 2.86. The van der Waals surface area contributed by atoms with Crippen LogP contribution in [-0.2, 0) is 0 Å². The Balaban J connectivity index is 2.56. The molecule has 60 valence electrons. The van der Waals surface area contributed by atoms with Gasteiger partial charge in [0.25, 0.3) is 0 Å². The number of nitrogens with zero attached hydrogens (tertiary/aromatic N) is 2. The maximum Gasteiger partial charge on any atom is 0.217 e. The summed E-state index contributed by atoms with van der Waals surface area (Å²) in [6.45, 7) is 1.91. The van der Waals surface area contributed by atoms with Crippen LogP contribution in [-0.4, -0.2) is 22.2 Å². The molecule has 0 aromatic carbocycles. The van der Waals surface area contributed by atoms with E-state index in [0.29, 0.717) is 11.8 Å². The first-order valence-corrected chi connectivity index (χ1v) is 4.62. The van der Waals surface area contributed by atoms with Gasteiger partial charge in [0.1, 0.15) is 12.3 Å². The van der Waals surface area contributed by atoms with Gasteiger partial charge in [-0.15, -0.1) is 11.8 Å². The fourth-order valence-electron chi connectivity index (χ4n) is 0.628. The Hall–Kier alpha value is -0.770. The van der Waals surface area contributed by atoms with Crippen molar-refractivity contribution in [2.75, 3.05) is 12.2 Å². The first-order valence-electron chi connectivity index (χ1n) is 3.23. The third-order valence-corrected chi connectivity index (χ3v) is 1.46. The lowest BCUT2D eigenvalue weighted by Gasteiger charge is -2.01. The fraction of sp³-hybridized carbons (Fsp3) is 0.429. The van der Waals surface area contributed by atoms with Crippen LogP contribution in [0.1, 0.15) is 5.69 Å². The SMILES string of the molecule is CSCOc1cc(C)ncn1. The lowest BCUT2D eigenvalue weighted by atomic mass is 10.4. The van der Waals surface area contributed by atoms with Gasteiger partial charge in [-0.25, -0.2) is 9.97 Å². The van der Waals surface area contributed by atoms with E-state index < -0.39 is 0 Å². The van der Waals surface area contributed by atoms with Crippen LogP contribution in [0.15, 0.2) is 12.4 Å². The largest absolute Gasteiger partial charge is 0.467 e. The van der Waals surface area contributed by atoms with Crippen molar-refractivity contribution in [3.05, 3.63) is 18.1 Å². The molecule has 0 saturated carbocycles. The summed E-state index contributed by atoms with van der Waals surface area (Å²) in [5.74, 6) is 1.28. The summed E-state index contributed by atoms with van der Waals surface area (Å²) in [6.07, 6.45) is 3.49. The van der Waals surface area contributed by atoms with Gasteiger partial charge in [0.05, 0.1) is 0 Å². The fourth-order valence-corrected chi connectivity index (χ4v) is 0.867. The summed E-state index contributed by atoms with van der Waals surface area (Å²) in [5, 5.41) is 0. The molecule has 1 aromatic rings. The summed E-state index contributed by atoms with van der Waals surface area (Å²) in [7, 11) is 0. The van der Waals surface area contributed by atoms with E-state index in [2.05, 4.69) is 9.97 Å². The van der Waals surface area contributed by atoms with E-state index in [1.165, 1.54) is 6.33 Å². The number of ether oxygens (including phenoxy) is 1. The van der Waals surface area contributed by atoms with Crippen LogP contribution in [0.2, 0.25) is 0 Å². The minimum atomic E-state index is 0.635. The Labute approximate surface area is 70.2 Å². The Kier molecular flexibility index (Phi) is 3.16. The highest BCUT2D eigenvalue weighted by molar-refractivity contribution is 7.98. The van der Waals surface area contributed by atoms with E-state index in [4.69, 9.17) is 4.74 Å². The van der Waals surface area contributed by atoms with E-state index >= 15 is 0 Å². The van der Waals surface area contributed by atoms with Crippen LogP contribution in [0.4, 0.5) is 0 Å². The molecule has 1 heterocycles. The van der Waals surface area contributed by atoms with Gasteiger partial charge in [-0.05, 0) is 13.2 Å². The van der Waals surface area contributed by atoms with Crippen LogP contribution in [0.3, 0.4) is 0 Å². The molecule has 0 unspecified atom stereocenters. The van der Waals surface area contributed by atoms with E-state index in [9.17, 15) is 0 Å². The van der Waals surface area contributed by atoms with Crippen LogP contribution >= 0.6 is 11.8 Å². The highest BCUT2D eigenvalue weighted by atomic mass is 32.2. The van der Waals surface area contributed by atoms with Crippen molar-refractivity contribution in [1.82, 2.24) is 9.97 Å². The zero-order chi connectivity index (χ0) is 8.10. The number of hydrogen-bond donors (Lipinski definition) is 0. The number of aryl methyl sites for hydroxylation is 1. The monoisotopic (exact) mass is 170 g/mol. The number of thioether (sulfide) groups is 1. The quantitative estimate of drug-likeness (QED) is 0.644. The van der Waals surface area contributed by atoms with Gasteiger partial charge in [-0.2, -0.15) is 0 Å². The van der Waals surface area contributed by atoms with E-state index in [0.717, 1.165) is 5.69 Å². The van der Waals surface area contributed by atoms with Crippen molar-refractivity contribution in [2.45, 2.75) is 6.92 Å². The normalized spacial score (nSPS) is 9.64. The lowest BCUT2D eigenvalue weighted by molar-refractivity contribution is 0.376. The summed E-state index contributed by atoms with van der Waals surface area (Å²) >= 11 is 1.62. The van der Waals surface area contributed by atoms with Crippen LogP contribution in [0.25, 0.3) is 0 Å². The molecule has 1 aromatic heterocycles. The molecule has 4 heteroatoms. The number of rotatable bonds is 3. The highest BCUT2D eigenvalue weighted by Crippen LogP contribution is 2.07. The second kappa shape index (κ2) is 4.18. The zero-order valence-corrected chi connectivity index (χ0v) is 7.39. The Morgan fingerprint density at radius 1 is 1.55 bits per heavy atom. The minimum absolute atomic E-state index is 0.635. The molecule has 0 aliphatic carbocycles. The van der Waals surface area contributed by atoms with Crippen molar-refractivity contribution >= 4 is 11.8 Å². The highest BCUT2D eigenvalue weighted by Gasteiger charge is 1.93. The molecule has 0 atom stereocenters. The van der Waals surface area contributed by atoms with Crippen molar-refractivity contribution in [2.24, 2.45) is 0 Å². The molecule has 0 saturated heterocycles.